The zero-order valence-electron chi connectivity index (χ0n) is 14.1. The van der Waals surface area contributed by atoms with Crippen molar-refractivity contribution < 1.29 is 4.79 Å². The maximum Gasteiger partial charge on any atom is 0.274 e. The number of fused-ring (bicyclic) bond motifs is 1. The minimum absolute atomic E-state index is 0.258. The predicted molar refractivity (Wildman–Crippen MR) is 95.0 cm³/mol. The lowest BCUT2D eigenvalue weighted by atomic mass is 10.00. The van der Waals surface area contributed by atoms with Crippen LogP contribution >= 0.6 is 11.3 Å². The lowest BCUT2D eigenvalue weighted by molar-refractivity contribution is 0.0945. The molecule has 24 heavy (non-hydrogen) atoms. The summed E-state index contributed by atoms with van der Waals surface area (Å²) >= 11 is 1.37. The first-order chi connectivity index (χ1) is 11.6. The number of hydrogen-bond acceptors (Lipinski definition) is 6. The van der Waals surface area contributed by atoms with Crippen LogP contribution < -0.4 is 15.8 Å². The van der Waals surface area contributed by atoms with E-state index in [1.54, 1.807) is 0 Å². The number of unbranched alkanes of at least 4 members (excludes halogenated alkanes) is 1. The maximum absolute atomic E-state index is 12.4. The lowest BCUT2D eigenvalue weighted by Crippen LogP contribution is -2.33. The quantitative estimate of drug-likeness (QED) is 0.834. The number of hydrogen-bond donors (Lipinski definition) is 1. The zero-order valence-corrected chi connectivity index (χ0v) is 14.9. The summed E-state index contributed by atoms with van der Waals surface area (Å²) in [7, 11) is 0. The largest absolute Gasteiger partial charge is 0.351 e. The number of carbonyl (C=O) groups excluding carboxylic acids is 1. The van der Waals surface area contributed by atoms with Gasteiger partial charge in [-0.05, 0) is 25.2 Å². The Labute approximate surface area is 144 Å². The molecule has 0 radical (unpaired) electrons. The average Bonchev–Trinajstić information content (AvgIpc) is 2.98. The van der Waals surface area contributed by atoms with Crippen molar-refractivity contribution in [1.82, 2.24) is 19.9 Å². The Bertz CT molecular complexity index is 776. The Balaban J connectivity index is 1.89. The molecule has 1 amide bonds. The predicted octanol–water partition coefficient (Wildman–Crippen LogP) is 1.92. The fourth-order valence-corrected chi connectivity index (χ4v) is 3.72. The smallest absolute Gasteiger partial charge is 0.274 e. The van der Waals surface area contributed by atoms with Gasteiger partial charge in [-0.15, -0.1) is 5.10 Å². The summed E-state index contributed by atoms with van der Waals surface area (Å²) in [5.74, 6) is 0.455. The maximum atomic E-state index is 12.4. The number of amides is 1. The molecular formula is C16H23N5O2S. The van der Waals surface area contributed by atoms with Gasteiger partial charge in [0.2, 0.25) is 10.1 Å². The van der Waals surface area contributed by atoms with Gasteiger partial charge in [-0.25, -0.2) is 0 Å². The van der Waals surface area contributed by atoms with Crippen molar-refractivity contribution in [2.75, 3.05) is 24.5 Å². The normalized spacial score (nSPS) is 15.8. The van der Waals surface area contributed by atoms with Gasteiger partial charge in [-0.3, -0.25) is 9.59 Å². The summed E-state index contributed by atoms with van der Waals surface area (Å²) < 4.78 is 1.50. The van der Waals surface area contributed by atoms with Crippen molar-refractivity contribution in [2.45, 2.75) is 39.5 Å². The van der Waals surface area contributed by atoms with Crippen LogP contribution in [-0.2, 0) is 0 Å². The minimum Gasteiger partial charge on any atom is -0.351 e. The molecule has 0 atom stereocenters. The van der Waals surface area contributed by atoms with Gasteiger partial charge in [0.05, 0.1) is 0 Å². The van der Waals surface area contributed by atoms with Crippen LogP contribution in [0.5, 0.6) is 0 Å². The number of anilines is 1. The Hall–Kier alpha value is -1.96. The molecule has 2 aromatic heterocycles. The van der Waals surface area contributed by atoms with E-state index in [1.165, 1.54) is 21.9 Å². The van der Waals surface area contributed by atoms with E-state index in [0.29, 0.717) is 11.5 Å². The van der Waals surface area contributed by atoms with Crippen LogP contribution in [0.1, 0.15) is 50.0 Å². The molecule has 3 rings (SSSR count). The third-order valence-electron chi connectivity index (χ3n) is 4.35. The summed E-state index contributed by atoms with van der Waals surface area (Å²) in [6, 6.07) is 1.26. The van der Waals surface area contributed by atoms with Crippen LogP contribution in [0.25, 0.3) is 4.96 Å². The monoisotopic (exact) mass is 349 g/mol. The molecule has 1 N–H and O–H groups in total. The van der Waals surface area contributed by atoms with Crippen LogP contribution in [0, 0.1) is 5.92 Å². The van der Waals surface area contributed by atoms with Gasteiger partial charge in [0.15, 0.2) is 0 Å². The molecule has 8 heteroatoms. The molecule has 1 aliphatic heterocycles. The summed E-state index contributed by atoms with van der Waals surface area (Å²) in [6.07, 6.45) is 4.17. The molecule has 0 aliphatic carbocycles. The Morgan fingerprint density at radius 1 is 1.42 bits per heavy atom. The van der Waals surface area contributed by atoms with Crippen molar-refractivity contribution in [2.24, 2.45) is 5.92 Å². The Morgan fingerprint density at radius 3 is 2.88 bits per heavy atom. The number of aromatic nitrogens is 3. The van der Waals surface area contributed by atoms with Crippen molar-refractivity contribution in [3.63, 3.8) is 0 Å². The molecule has 0 bridgehead atoms. The lowest BCUT2D eigenvalue weighted by Gasteiger charge is -2.29. The standard InChI is InChI=1S/C16H23N5O2S/c1-3-4-7-17-14(23)12-10-13(22)18-15-21(12)19-16(24-15)20-8-5-11(2)6-9-20/h10-11H,3-9H2,1-2H3,(H,17,23). The van der Waals surface area contributed by atoms with Crippen LogP contribution in [-0.4, -0.2) is 40.1 Å². The Morgan fingerprint density at radius 2 is 2.17 bits per heavy atom. The fourth-order valence-electron chi connectivity index (χ4n) is 2.76. The highest BCUT2D eigenvalue weighted by molar-refractivity contribution is 7.20. The number of carbonyl (C=O) groups is 1. The van der Waals surface area contributed by atoms with E-state index in [4.69, 9.17) is 0 Å². The number of rotatable bonds is 5. The van der Waals surface area contributed by atoms with E-state index < -0.39 is 5.56 Å². The summed E-state index contributed by atoms with van der Waals surface area (Å²) in [5, 5.41) is 8.21. The summed E-state index contributed by atoms with van der Waals surface area (Å²) in [4.78, 5) is 30.9. The van der Waals surface area contributed by atoms with Gasteiger partial charge < -0.3 is 10.2 Å². The van der Waals surface area contributed by atoms with Gasteiger partial charge in [0.25, 0.3) is 11.5 Å². The molecule has 0 aromatic carbocycles. The minimum atomic E-state index is -0.405. The van der Waals surface area contributed by atoms with Crippen LogP contribution in [0.2, 0.25) is 0 Å². The summed E-state index contributed by atoms with van der Waals surface area (Å²) in [6.45, 7) is 6.81. The first kappa shape index (κ1) is 16.9. The van der Waals surface area contributed by atoms with Gasteiger partial charge >= 0.3 is 0 Å². The average molecular weight is 349 g/mol. The van der Waals surface area contributed by atoms with E-state index >= 15 is 0 Å². The molecule has 1 fully saturated rings. The second kappa shape index (κ2) is 7.29. The highest BCUT2D eigenvalue weighted by Gasteiger charge is 2.21. The topological polar surface area (TPSA) is 79.6 Å². The Kier molecular flexibility index (Phi) is 5.13. The molecular weight excluding hydrogens is 326 g/mol. The molecule has 0 spiro atoms. The second-order valence-electron chi connectivity index (χ2n) is 6.34. The first-order valence-electron chi connectivity index (χ1n) is 8.52. The number of nitrogens with zero attached hydrogens (tertiary/aromatic N) is 4. The van der Waals surface area contributed by atoms with Gasteiger partial charge in [0.1, 0.15) is 5.69 Å². The highest BCUT2D eigenvalue weighted by Crippen LogP contribution is 2.27. The third-order valence-corrected chi connectivity index (χ3v) is 5.32. The van der Waals surface area contributed by atoms with Crippen LogP contribution in [0.4, 0.5) is 5.13 Å². The fraction of sp³-hybridized carbons (Fsp3) is 0.625. The number of nitrogens with one attached hydrogen (secondary N) is 1. The van der Waals surface area contributed by atoms with Gasteiger partial charge in [-0.2, -0.15) is 9.50 Å². The van der Waals surface area contributed by atoms with Crippen molar-refractivity contribution in [1.29, 1.82) is 0 Å². The number of piperidine rings is 1. The molecule has 1 aliphatic rings. The van der Waals surface area contributed by atoms with Gasteiger partial charge in [-0.1, -0.05) is 31.6 Å². The molecule has 3 heterocycles. The van der Waals surface area contributed by atoms with Crippen LogP contribution in [0.3, 0.4) is 0 Å². The van der Waals surface area contributed by atoms with Crippen molar-refractivity contribution in [3.05, 3.63) is 22.1 Å². The molecule has 2 aromatic rings. The van der Waals surface area contributed by atoms with E-state index in [-0.39, 0.29) is 11.6 Å². The molecule has 130 valence electrons. The van der Waals surface area contributed by atoms with Crippen molar-refractivity contribution >= 4 is 27.3 Å². The third kappa shape index (κ3) is 3.58. The highest BCUT2D eigenvalue weighted by atomic mass is 32.1. The van der Waals surface area contributed by atoms with Gasteiger partial charge in [0, 0.05) is 25.7 Å². The zero-order chi connectivity index (χ0) is 17.1. The molecule has 0 saturated carbocycles. The first-order valence-corrected chi connectivity index (χ1v) is 9.34. The van der Waals surface area contributed by atoms with E-state index in [1.807, 2.05) is 0 Å². The molecule has 0 unspecified atom stereocenters. The SMILES string of the molecule is CCCCNC(=O)c1cc(=O)nc2sc(N3CCC(C)CC3)nn12. The van der Waals surface area contributed by atoms with Crippen LogP contribution in [0.15, 0.2) is 10.9 Å². The van der Waals surface area contributed by atoms with E-state index in [2.05, 4.69) is 34.1 Å². The second-order valence-corrected chi connectivity index (χ2v) is 7.27. The molecule has 1 saturated heterocycles. The summed E-state index contributed by atoms with van der Waals surface area (Å²) in [5.41, 5.74) is -0.146. The molecule has 7 nitrogen and oxygen atoms in total. The van der Waals surface area contributed by atoms with E-state index in [0.717, 1.165) is 49.8 Å². The van der Waals surface area contributed by atoms with E-state index in [9.17, 15) is 9.59 Å². The van der Waals surface area contributed by atoms with Crippen molar-refractivity contribution in [3.8, 4) is 0 Å².